The zero-order valence-electron chi connectivity index (χ0n) is 10.3. The topological polar surface area (TPSA) is 29.9 Å². The van der Waals surface area contributed by atoms with E-state index in [2.05, 4.69) is 37.3 Å². The summed E-state index contributed by atoms with van der Waals surface area (Å²) in [6.07, 6.45) is 4.31. The van der Waals surface area contributed by atoms with Crippen LogP contribution >= 0.6 is 0 Å². The number of nitrogens with zero attached hydrogens (tertiary/aromatic N) is 2. The minimum atomic E-state index is 0.590. The molecule has 0 bridgehead atoms. The molecule has 0 amide bonds. The third-order valence-electron chi connectivity index (χ3n) is 2.52. The molecular formula is C12H23N3. The average Bonchev–Trinajstić information content (AvgIpc) is 2.50. The highest BCUT2D eigenvalue weighted by Gasteiger charge is 2.05. The molecule has 86 valence electrons. The van der Waals surface area contributed by atoms with Crippen LogP contribution in [0.25, 0.3) is 0 Å². The predicted molar refractivity (Wildman–Crippen MR) is 63.8 cm³/mol. The average molecular weight is 209 g/mol. The van der Waals surface area contributed by atoms with Crippen molar-refractivity contribution in [3.05, 3.63) is 18.0 Å². The van der Waals surface area contributed by atoms with Crippen LogP contribution in [0.1, 0.15) is 32.9 Å². The molecule has 0 aliphatic heterocycles. The van der Waals surface area contributed by atoms with Crippen LogP contribution in [0.2, 0.25) is 0 Å². The smallest absolute Gasteiger partial charge is 0.0627 e. The molecule has 1 atom stereocenters. The molecule has 0 radical (unpaired) electrons. The van der Waals surface area contributed by atoms with Gasteiger partial charge in [0, 0.05) is 19.3 Å². The molecule has 1 N–H and O–H groups in total. The highest BCUT2D eigenvalue weighted by Crippen LogP contribution is 2.09. The lowest BCUT2D eigenvalue weighted by molar-refractivity contribution is 0.471. The Labute approximate surface area is 92.9 Å². The van der Waals surface area contributed by atoms with Gasteiger partial charge in [-0.25, -0.2) is 0 Å². The predicted octanol–water partition coefficient (Wildman–Crippen LogP) is 1.99. The van der Waals surface area contributed by atoms with Gasteiger partial charge in [-0.15, -0.1) is 0 Å². The molecular weight excluding hydrogens is 186 g/mol. The molecule has 3 heteroatoms. The first kappa shape index (κ1) is 12.2. The fourth-order valence-electron chi connectivity index (χ4n) is 1.65. The van der Waals surface area contributed by atoms with Gasteiger partial charge in [-0.3, -0.25) is 4.68 Å². The lowest BCUT2D eigenvalue weighted by Crippen LogP contribution is -2.25. The van der Waals surface area contributed by atoms with Gasteiger partial charge in [0.2, 0.25) is 0 Å². The fraction of sp³-hybridized carbons (Fsp3) is 0.750. The van der Waals surface area contributed by atoms with Gasteiger partial charge in [-0.05, 0) is 31.4 Å². The Balaban J connectivity index is 2.21. The Hall–Kier alpha value is -0.830. The number of hydrogen-bond acceptors (Lipinski definition) is 2. The summed E-state index contributed by atoms with van der Waals surface area (Å²) < 4.78 is 1.87. The molecule has 0 aromatic carbocycles. The highest BCUT2D eigenvalue weighted by molar-refractivity contribution is 4.99. The molecule has 1 aromatic heterocycles. The standard InChI is InChI=1S/C12H23N3/c1-10(2)13-7-5-11(3)9-12-6-8-15(4)14-12/h6,8,10-11,13H,5,7,9H2,1-4H3. The molecule has 0 saturated carbocycles. The van der Waals surface area contributed by atoms with Gasteiger partial charge in [-0.1, -0.05) is 20.8 Å². The summed E-state index contributed by atoms with van der Waals surface area (Å²) in [7, 11) is 1.97. The number of nitrogens with one attached hydrogen (secondary N) is 1. The molecule has 0 aliphatic carbocycles. The monoisotopic (exact) mass is 209 g/mol. The van der Waals surface area contributed by atoms with E-state index in [4.69, 9.17) is 0 Å². The third-order valence-corrected chi connectivity index (χ3v) is 2.52. The Morgan fingerprint density at radius 1 is 1.40 bits per heavy atom. The Kier molecular flexibility index (Phi) is 4.82. The van der Waals surface area contributed by atoms with E-state index >= 15 is 0 Å². The first-order valence-corrected chi connectivity index (χ1v) is 5.80. The van der Waals surface area contributed by atoms with Gasteiger partial charge < -0.3 is 5.32 Å². The maximum atomic E-state index is 4.39. The van der Waals surface area contributed by atoms with E-state index in [1.165, 1.54) is 12.1 Å². The molecule has 0 spiro atoms. The van der Waals surface area contributed by atoms with Crippen molar-refractivity contribution in [1.82, 2.24) is 15.1 Å². The summed E-state index contributed by atoms with van der Waals surface area (Å²) in [6, 6.07) is 2.69. The first-order valence-electron chi connectivity index (χ1n) is 5.80. The van der Waals surface area contributed by atoms with E-state index in [0.717, 1.165) is 13.0 Å². The zero-order valence-corrected chi connectivity index (χ0v) is 10.3. The summed E-state index contributed by atoms with van der Waals surface area (Å²) in [6.45, 7) is 7.76. The summed E-state index contributed by atoms with van der Waals surface area (Å²) in [5.74, 6) is 0.700. The van der Waals surface area contributed by atoms with Crippen LogP contribution in [-0.2, 0) is 13.5 Å². The largest absolute Gasteiger partial charge is 0.315 e. The Morgan fingerprint density at radius 3 is 2.67 bits per heavy atom. The van der Waals surface area contributed by atoms with E-state index in [1.807, 2.05) is 17.9 Å². The van der Waals surface area contributed by atoms with Crippen LogP contribution in [0.4, 0.5) is 0 Å². The van der Waals surface area contributed by atoms with Gasteiger partial charge >= 0.3 is 0 Å². The molecule has 0 fully saturated rings. The summed E-state index contributed by atoms with van der Waals surface area (Å²) in [4.78, 5) is 0. The van der Waals surface area contributed by atoms with Gasteiger partial charge in [0.15, 0.2) is 0 Å². The van der Waals surface area contributed by atoms with Crippen molar-refractivity contribution in [1.29, 1.82) is 0 Å². The number of hydrogen-bond donors (Lipinski definition) is 1. The van der Waals surface area contributed by atoms with Crippen molar-refractivity contribution in [3.8, 4) is 0 Å². The quantitative estimate of drug-likeness (QED) is 0.776. The molecule has 1 aromatic rings. The maximum absolute atomic E-state index is 4.39. The molecule has 1 unspecified atom stereocenters. The number of rotatable bonds is 6. The van der Waals surface area contributed by atoms with Crippen molar-refractivity contribution in [2.45, 2.75) is 39.7 Å². The zero-order chi connectivity index (χ0) is 11.3. The normalized spacial score (nSPS) is 13.4. The third kappa shape index (κ3) is 4.98. The second-order valence-corrected chi connectivity index (χ2v) is 4.69. The fourth-order valence-corrected chi connectivity index (χ4v) is 1.65. The summed E-state index contributed by atoms with van der Waals surface area (Å²) in [5.41, 5.74) is 1.20. The van der Waals surface area contributed by atoms with Crippen LogP contribution in [0, 0.1) is 5.92 Å². The van der Waals surface area contributed by atoms with Crippen molar-refractivity contribution in [3.63, 3.8) is 0 Å². The summed E-state index contributed by atoms with van der Waals surface area (Å²) in [5, 5.41) is 7.83. The van der Waals surface area contributed by atoms with E-state index in [0.29, 0.717) is 12.0 Å². The second kappa shape index (κ2) is 5.91. The van der Waals surface area contributed by atoms with Crippen molar-refractivity contribution >= 4 is 0 Å². The minimum absolute atomic E-state index is 0.590. The van der Waals surface area contributed by atoms with Crippen LogP contribution in [0.15, 0.2) is 12.3 Å². The van der Waals surface area contributed by atoms with Gasteiger partial charge in [0.05, 0.1) is 5.69 Å². The van der Waals surface area contributed by atoms with Gasteiger partial charge in [0.25, 0.3) is 0 Å². The van der Waals surface area contributed by atoms with E-state index in [9.17, 15) is 0 Å². The van der Waals surface area contributed by atoms with Crippen LogP contribution < -0.4 is 5.32 Å². The van der Waals surface area contributed by atoms with E-state index in [-0.39, 0.29) is 0 Å². The van der Waals surface area contributed by atoms with E-state index in [1.54, 1.807) is 0 Å². The SMILES string of the molecule is CC(CCNC(C)C)Cc1ccn(C)n1. The summed E-state index contributed by atoms with van der Waals surface area (Å²) >= 11 is 0. The number of aryl methyl sites for hydroxylation is 1. The van der Waals surface area contributed by atoms with Crippen molar-refractivity contribution in [2.24, 2.45) is 13.0 Å². The van der Waals surface area contributed by atoms with Gasteiger partial charge in [0.1, 0.15) is 0 Å². The molecule has 1 rings (SSSR count). The van der Waals surface area contributed by atoms with Gasteiger partial charge in [-0.2, -0.15) is 5.10 Å². The van der Waals surface area contributed by atoms with Crippen LogP contribution in [0.3, 0.4) is 0 Å². The van der Waals surface area contributed by atoms with Crippen molar-refractivity contribution in [2.75, 3.05) is 6.54 Å². The lowest BCUT2D eigenvalue weighted by Gasteiger charge is -2.12. The number of aromatic nitrogens is 2. The maximum Gasteiger partial charge on any atom is 0.0627 e. The van der Waals surface area contributed by atoms with Crippen molar-refractivity contribution < 1.29 is 0 Å². The van der Waals surface area contributed by atoms with E-state index < -0.39 is 0 Å². The second-order valence-electron chi connectivity index (χ2n) is 4.69. The molecule has 1 heterocycles. The first-order chi connectivity index (χ1) is 7.08. The Morgan fingerprint density at radius 2 is 2.13 bits per heavy atom. The molecule has 3 nitrogen and oxygen atoms in total. The molecule has 0 saturated heterocycles. The molecule has 0 aliphatic rings. The minimum Gasteiger partial charge on any atom is -0.315 e. The van der Waals surface area contributed by atoms with Crippen LogP contribution in [-0.4, -0.2) is 22.4 Å². The van der Waals surface area contributed by atoms with Crippen LogP contribution in [0.5, 0.6) is 0 Å². The highest BCUT2D eigenvalue weighted by atomic mass is 15.2. The lowest BCUT2D eigenvalue weighted by atomic mass is 10.0. The Bertz CT molecular complexity index is 278. The molecule has 15 heavy (non-hydrogen) atoms.